The summed E-state index contributed by atoms with van der Waals surface area (Å²) in [5.41, 5.74) is 3.60. The summed E-state index contributed by atoms with van der Waals surface area (Å²) in [4.78, 5) is 4.39. The topological polar surface area (TPSA) is 12.9 Å². The molecule has 14 heavy (non-hydrogen) atoms. The molecule has 0 fully saturated rings. The fourth-order valence-corrected chi connectivity index (χ4v) is 1.67. The van der Waals surface area contributed by atoms with E-state index in [0.717, 1.165) is 5.52 Å². The van der Waals surface area contributed by atoms with Crippen molar-refractivity contribution in [2.24, 2.45) is 0 Å². The Morgan fingerprint density at radius 3 is 2.86 bits per heavy atom. The number of pyridine rings is 1. The molecule has 2 rings (SSSR count). The van der Waals surface area contributed by atoms with E-state index in [1.54, 1.807) is 0 Å². The summed E-state index contributed by atoms with van der Waals surface area (Å²) in [5, 5.41) is 1.21. The highest BCUT2D eigenvalue weighted by Crippen LogP contribution is 2.20. The highest BCUT2D eigenvalue weighted by atomic mass is 14.6. The van der Waals surface area contributed by atoms with Crippen molar-refractivity contribution in [3.8, 4) is 0 Å². The van der Waals surface area contributed by atoms with Gasteiger partial charge in [-0.2, -0.15) is 0 Å². The number of hydrogen-bond acceptors (Lipinski definition) is 1. The maximum Gasteiger partial charge on any atom is 0.0737 e. The molecule has 0 bridgehead atoms. The van der Waals surface area contributed by atoms with Crippen molar-refractivity contribution in [3.63, 3.8) is 0 Å². The van der Waals surface area contributed by atoms with Gasteiger partial charge in [-0.05, 0) is 31.0 Å². The van der Waals surface area contributed by atoms with Gasteiger partial charge in [0, 0.05) is 11.6 Å². The number of rotatable bonds is 1. The van der Waals surface area contributed by atoms with Gasteiger partial charge >= 0.3 is 0 Å². The molecule has 0 spiro atoms. The molecule has 1 heteroatoms. The molecule has 0 aliphatic rings. The highest BCUT2D eigenvalue weighted by Gasteiger charge is 2.00. The molecule has 1 nitrogen and oxygen atoms in total. The van der Waals surface area contributed by atoms with Crippen molar-refractivity contribution < 1.29 is 0 Å². The van der Waals surface area contributed by atoms with Crippen LogP contribution in [0.2, 0.25) is 0 Å². The molecule has 0 saturated heterocycles. The molecule has 70 valence electrons. The van der Waals surface area contributed by atoms with Gasteiger partial charge in [0.25, 0.3) is 0 Å². The van der Waals surface area contributed by atoms with Crippen molar-refractivity contribution in [3.05, 3.63) is 47.7 Å². The minimum Gasteiger partial charge on any atom is -0.256 e. The van der Waals surface area contributed by atoms with Crippen LogP contribution in [-0.2, 0) is 0 Å². The minimum absolute atomic E-state index is 1.10. The van der Waals surface area contributed by atoms with Crippen LogP contribution >= 0.6 is 0 Å². The van der Waals surface area contributed by atoms with Gasteiger partial charge in [0.05, 0.1) is 5.52 Å². The van der Waals surface area contributed by atoms with Crippen LogP contribution in [0.4, 0.5) is 0 Å². The molecule has 1 heterocycles. The van der Waals surface area contributed by atoms with E-state index in [-0.39, 0.29) is 0 Å². The molecule has 2 aromatic rings. The molecule has 0 saturated carbocycles. The van der Waals surface area contributed by atoms with Crippen molar-refractivity contribution in [2.45, 2.75) is 13.8 Å². The van der Waals surface area contributed by atoms with Crippen molar-refractivity contribution in [1.29, 1.82) is 0 Å². The van der Waals surface area contributed by atoms with E-state index in [4.69, 9.17) is 0 Å². The normalized spacial score (nSPS) is 11.3. The third kappa shape index (κ3) is 1.41. The van der Waals surface area contributed by atoms with Crippen LogP contribution in [0.3, 0.4) is 0 Å². The number of hydrogen-bond donors (Lipinski definition) is 0. The Morgan fingerprint density at radius 2 is 2.07 bits per heavy atom. The number of aryl methyl sites for hydroxylation is 1. The lowest BCUT2D eigenvalue weighted by Gasteiger charge is -2.04. The second-order valence-electron chi connectivity index (χ2n) is 3.35. The van der Waals surface area contributed by atoms with Gasteiger partial charge in [-0.25, -0.2) is 0 Å². The summed E-state index contributed by atoms with van der Waals surface area (Å²) in [6.45, 7) is 4.15. The van der Waals surface area contributed by atoms with Crippen LogP contribution in [0.1, 0.15) is 18.1 Å². The number of fused-ring (bicyclic) bond motifs is 1. The van der Waals surface area contributed by atoms with Crippen LogP contribution in [0.15, 0.2) is 36.5 Å². The van der Waals surface area contributed by atoms with Crippen LogP contribution in [-0.4, -0.2) is 4.98 Å². The smallest absolute Gasteiger partial charge is 0.0737 e. The van der Waals surface area contributed by atoms with Crippen molar-refractivity contribution >= 4 is 17.0 Å². The van der Waals surface area contributed by atoms with E-state index >= 15 is 0 Å². The van der Waals surface area contributed by atoms with E-state index in [1.807, 2.05) is 19.2 Å². The quantitative estimate of drug-likeness (QED) is 0.658. The van der Waals surface area contributed by atoms with Gasteiger partial charge in [0.2, 0.25) is 0 Å². The van der Waals surface area contributed by atoms with Crippen molar-refractivity contribution in [1.82, 2.24) is 4.98 Å². The van der Waals surface area contributed by atoms with Crippen molar-refractivity contribution in [2.75, 3.05) is 0 Å². The lowest BCUT2D eigenvalue weighted by atomic mass is 10.0. The van der Waals surface area contributed by atoms with Gasteiger partial charge in [-0.3, -0.25) is 4.98 Å². The Balaban J connectivity index is 2.75. The number of benzene rings is 1. The second-order valence-corrected chi connectivity index (χ2v) is 3.35. The molecule has 0 unspecified atom stereocenters. The van der Waals surface area contributed by atoms with E-state index in [2.05, 4.69) is 42.3 Å². The maximum absolute atomic E-state index is 4.39. The average Bonchev–Trinajstić information content (AvgIpc) is 2.23. The third-order valence-electron chi connectivity index (χ3n) is 2.42. The SMILES string of the molecule is C/C=C\c1ccc2cccnc2c1C. The first-order chi connectivity index (χ1) is 6.83. The Kier molecular flexibility index (Phi) is 2.32. The van der Waals surface area contributed by atoms with Crippen LogP contribution in [0.25, 0.3) is 17.0 Å². The summed E-state index contributed by atoms with van der Waals surface area (Å²) in [6.07, 6.45) is 6.01. The average molecular weight is 183 g/mol. The van der Waals surface area contributed by atoms with Crippen LogP contribution in [0.5, 0.6) is 0 Å². The van der Waals surface area contributed by atoms with E-state index in [1.165, 1.54) is 16.5 Å². The molecule has 0 aliphatic carbocycles. The Hall–Kier alpha value is -1.63. The number of nitrogens with zero attached hydrogens (tertiary/aromatic N) is 1. The Labute approximate surface area is 84.1 Å². The van der Waals surface area contributed by atoms with E-state index in [0.29, 0.717) is 0 Å². The van der Waals surface area contributed by atoms with E-state index in [9.17, 15) is 0 Å². The predicted octanol–water partition coefficient (Wildman–Crippen LogP) is 3.58. The fourth-order valence-electron chi connectivity index (χ4n) is 1.67. The largest absolute Gasteiger partial charge is 0.256 e. The van der Waals surface area contributed by atoms with Gasteiger partial charge in [-0.15, -0.1) is 0 Å². The monoisotopic (exact) mass is 183 g/mol. The molecule has 0 N–H and O–H groups in total. The highest BCUT2D eigenvalue weighted by molar-refractivity contribution is 5.84. The van der Waals surface area contributed by atoms with Gasteiger partial charge in [0.15, 0.2) is 0 Å². The molecule has 0 aliphatic heterocycles. The number of allylic oxidation sites excluding steroid dienone is 1. The molecular formula is C13H13N. The minimum atomic E-state index is 1.10. The lowest BCUT2D eigenvalue weighted by Crippen LogP contribution is -1.86. The summed E-state index contributed by atoms with van der Waals surface area (Å²) in [7, 11) is 0. The zero-order valence-corrected chi connectivity index (χ0v) is 8.49. The Morgan fingerprint density at radius 1 is 1.21 bits per heavy atom. The van der Waals surface area contributed by atoms with Gasteiger partial charge in [-0.1, -0.05) is 30.4 Å². The van der Waals surface area contributed by atoms with Crippen LogP contribution in [0, 0.1) is 6.92 Å². The zero-order chi connectivity index (χ0) is 9.97. The maximum atomic E-state index is 4.39. The summed E-state index contributed by atoms with van der Waals surface area (Å²) < 4.78 is 0. The molecule has 1 aromatic heterocycles. The Bertz CT molecular complexity index is 484. The molecule has 1 aromatic carbocycles. The standard InChI is InChI=1S/C13H13N/c1-3-5-11-7-8-12-6-4-9-14-13(12)10(11)2/h3-9H,1-2H3/b5-3-. The third-order valence-corrected chi connectivity index (χ3v) is 2.42. The molecule has 0 atom stereocenters. The summed E-state index contributed by atoms with van der Waals surface area (Å²) >= 11 is 0. The summed E-state index contributed by atoms with van der Waals surface area (Å²) in [5.74, 6) is 0. The van der Waals surface area contributed by atoms with E-state index < -0.39 is 0 Å². The first-order valence-electron chi connectivity index (χ1n) is 4.80. The summed E-state index contributed by atoms with van der Waals surface area (Å²) in [6, 6.07) is 8.32. The fraction of sp³-hybridized carbons (Fsp3) is 0.154. The first kappa shape index (κ1) is 8.95. The molecule has 0 amide bonds. The lowest BCUT2D eigenvalue weighted by molar-refractivity contribution is 1.36. The van der Waals surface area contributed by atoms with Gasteiger partial charge in [0.1, 0.15) is 0 Å². The second kappa shape index (κ2) is 3.62. The number of aromatic nitrogens is 1. The van der Waals surface area contributed by atoms with Gasteiger partial charge < -0.3 is 0 Å². The zero-order valence-electron chi connectivity index (χ0n) is 8.49. The predicted molar refractivity (Wildman–Crippen MR) is 61.2 cm³/mol. The first-order valence-corrected chi connectivity index (χ1v) is 4.80. The molecule has 0 radical (unpaired) electrons. The van der Waals surface area contributed by atoms with Crippen LogP contribution < -0.4 is 0 Å². The molecular weight excluding hydrogens is 170 g/mol.